The lowest BCUT2D eigenvalue weighted by atomic mass is 10.3. The van der Waals surface area contributed by atoms with Crippen molar-refractivity contribution in [2.45, 2.75) is 18.2 Å². The van der Waals surface area contributed by atoms with Crippen LogP contribution in [0.3, 0.4) is 0 Å². The van der Waals surface area contributed by atoms with Crippen molar-refractivity contribution in [3.05, 3.63) is 35.8 Å². The molecule has 0 saturated carbocycles. The van der Waals surface area contributed by atoms with E-state index in [9.17, 15) is 8.42 Å². The monoisotopic (exact) mass is 309 g/mol. The summed E-state index contributed by atoms with van der Waals surface area (Å²) < 4.78 is 27.9. The molecule has 0 atom stereocenters. The molecule has 8 heteroatoms. The molecule has 2 aromatic rings. The summed E-state index contributed by atoms with van der Waals surface area (Å²) in [5.74, 6) is 0.0275. The molecule has 0 unspecified atom stereocenters. The minimum atomic E-state index is -3.65. The molecule has 2 heterocycles. The number of aryl methyl sites for hydroxylation is 1. The summed E-state index contributed by atoms with van der Waals surface area (Å²) in [4.78, 5) is 4.26. The Bertz CT molecular complexity index is 725. The third-order valence-corrected chi connectivity index (χ3v) is 5.41. The van der Waals surface area contributed by atoms with Gasteiger partial charge in [0.15, 0.2) is 5.82 Å². The van der Waals surface area contributed by atoms with Crippen molar-refractivity contribution < 1.29 is 8.42 Å². The molecule has 0 radical (unpaired) electrons. The predicted molar refractivity (Wildman–Crippen MR) is 80.1 cm³/mol. The second-order valence-electron chi connectivity index (χ2n) is 4.82. The lowest BCUT2D eigenvalue weighted by Gasteiger charge is -2.17. The zero-order chi connectivity index (χ0) is 15.6. The van der Waals surface area contributed by atoms with Crippen molar-refractivity contribution in [2.24, 2.45) is 7.05 Å². The summed E-state index contributed by atoms with van der Waals surface area (Å²) in [5.41, 5.74) is 7.09. The second-order valence-corrected chi connectivity index (χ2v) is 6.80. The number of nitrogens with zero attached hydrogens (tertiary/aromatic N) is 4. The lowest BCUT2D eigenvalue weighted by molar-refractivity contribution is 0.470. The van der Waals surface area contributed by atoms with Crippen LogP contribution in [-0.4, -0.2) is 41.1 Å². The first kappa shape index (κ1) is 15.5. The van der Waals surface area contributed by atoms with E-state index in [-0.39, 0.29) is 10.7 Å². The molecule has 2 aromatic heterocycles. The van der Waals surface area contributed by atoms with Gasteiger partial charge in [-0.3, -0.25) is 9.67 Å². The van der Waals surface area contributed by atoms with Crippen LogP contribution in [0.25, 0.3) is 0 Å². The molecule has 0 aliphatic heterocycles. The van der Waals surface area contributed by atoms with Gasteiger partial charge in [-0.2, -0.15) is 5.10 Å². The van der Waals surface area contributed by atoms with Crippen molar-refractivity contribution >= 4 is 15.8 Å². The van der Waals surface area contributed by atoms with E-state index in [4.69, 9.17) is 5.73 Å². The predicted octanol–water partition coefficient (Wildman–Crippen LogP) is 0.569. The van der Waals surface area contributed by atoms with Crippen LogP contribution in [0.2, 0.25) is 0 Å². The van der Waals surface area contributed by atoms with E-state index < -0.39 is 10.0 Å². The van der Waals surface area contributed by atoms with E-state index in [1.165, 1.54) is 16.0 Å². The molecule has 7 nitrogen and oxygen atoms in total. The molecule has 0 fully saturated rings. The average Bonchev–Trinajstić information content (AvgIpc) is 2.71. The van der Waals surface area contributed by atoms with Crippen LogP contribution in [0.15, 0.2) is 29.3 Å². The Kier molecular flexibility index (Phi) is 4.29. The number of nitrogen functional groups attached to an aromatic ring is 1. The summed E-state index contributed by atoms with van der Waals surface area (Å²) in [5, 5.41) is 3.95. The minimum Gasteiger partial charge on any atom is -0.381 e. The van der Waals surface area contributed by atoms with Gasteiger partial charge in [0.2, 0.25) is 10.0 Å². The van der Waals surface area contributed by atoms with Crippen LogP contribution in [-0.2, 0) is 23.5 Å². The number of sulfonamides is 1. The molecule has 0 spiro atoms. The van der Waals surface area contributed by atoms with E-state index in [0.717, 1.165) is 5.69 Å². The highest BCUT2D eigenvalue weighted by atomic mass is 32.2. The second kappa shape index (κ2) is 5.82. The Morgan fingerprint density at radius 3 is 2.62 bits per heavy atom. The van der Waals surface area contributed by atoms with Crippen molar-refractivity contribution in [1.82, 2.24) is 19.1 Å². The van der Waals surface area contributed by atoms with Gasteiger partial charge in [0.05, 0.1) is 5.69 Å². The van der Waals surface area contributed by atoms with Gasteiger partial charge < -0.3 is 5.73 Å². The molecule has 0 amide bonds. The Morgan fingerprint density at radius 1 is 1.38 bits per heavy atom. The number of hydrogen-bond acceptors (Lipinski definition) is 5. The first-order valence-electron chi connectivity index (χ1n) is 6.49. The van der Waals surface area contributed by atoms with Gasteiger partial charge in [0.25, 0.3) is 0 Å². The van der Waals surface area contributed by atoms with Crippen molar-refractivity contribution in [2.75, 3.05) is 19.3 Å². The number of aromatic nitrogens is 3. The number of nitrogens with two attached hydrogens (primary N) is 1. The Morgan fingerprint density at radius 2 is 2.10 bits per heavy atom. The fraction of sp³-hybridized carbons (Fsp3) is 0.385. The van der Waals surface area contributed by atoms with Crippen LogP contribution in [0.5, 0.6) is 0 Å². The van der Waals surface area contributed by atoms with Crippen LogP contribution in [0, 0.1) is 6.92 Å². The number of likely N-dealkylation sites (N-methyl/N-ethyl adjacent to an activating group) is 1. The highest BCUT2D eigenvalue weighted by Crippen LogP contribution is 2.24. The summed E-state index contributed by atoms with van der Waals surface area (Å²) in [6.45, 7) is 2.01. The maximum Gasteiger partial charge on any atom is 0.248 e. The van der Waals surface area contributed by atoms with Crippen LogP contribution in [0.4, 0.5) is 5.82 Å². The molecule has 0 aliphatic rings. The zero-order valence-corrected chi connectivity index (χ0v) is 13.1. The highest BCUT2D eigenvalue weighted by molar-refractivity contribution is 7.89. The maximum atomic E-state index is 12.6. The lowest BCUT2D eigenvalue weighted by Crippen LogP contribution is -2.30. The van der Waals surface area contributed by atoms with E-state index in [1.807, 2.05) is 18.2 Å². The first-order chi connectivity index (χ1) is 9.84. The van der Waals surface area contributed by atoms with Gasteiger partial charge in [-0.15, -0.1) is 0 Å². The third-order valence-electron chi connectivity index (χ3n) is 3.38. The SMILES string of the molecule is Cc1c(S(=O)(=O)N(C)CCc2ccccn2)c(N)nn1C. The quantitative estimate of drug-likeness (QED) is 0.871. The smallest absolute Gasteiger partial charge is 0.248 e. The van der Waals surface area contributed by atoms with E-state index in [2.05, 4.69) is 10.1 Å². The normalized spacial score (nSPS) is 12.0. The van der Waals surface area contributed by atoms with Gasteiger partial charge in [-0.1, -0.05) is 6.07 Å². The third kappa shape index (κ3) is 3.06. The molecular weight excluding hydrogens is 290 g/mol. The highest BCUT2D eigenvalue weighted by Gasteiger charge is 2.28. The van der Waals surface area contributed by atoms with E-state index in [0.29, 0.717) is 18.7 Å². The fourth-order valence-corrected chi connectivity index (χ4v) is 3.48. The van der Waals surface area contributed by atoms with Gasteiger partial charge >= 0.3 is 0 Å². The van der Waals surface area contributed by atoms with Crippen molar-refractivity contribution in [1.29, 1.82) is 0 Å². The van der Waals surface area contributed by atoms with Gasteiger partial charge in [0, 0.05) is 39.0 Å². The van der Waals surface area contributed by atoms with Crippen LogP contribution < -0.4 is 5.73 Å². The number of rotatable bonds is 5. The van der Waals surface area contributed by atoms with E-state index in [1.54, 1.807) is 20.2 Å². The molecule has 2 N–H and O–H groups in total. The molecule has 114 valence electrons. The topological polar surface area (TPSA) is 94.1 Å². The molecule has 0 aliphatic carbocycles. The molecule has 0 bridgehead atoms. The van der Waals surface area contributed by atoms with Crippen LogP contribution in [0.1, 0.15) is 11.4 Å². The largest absolute Gasteiger partial charge is 0.381 e. The molecule has 0 aromatic carbocycles. The van der Waals surface area contributed by atoms with Gasteiger partial charge in [0.1, 0.15) is 4.90 Å². The molecule has 21 heavy (non-hydrogen) atoms. The first-order valence-corrected chi connectivity index (χ1v) is 7.93. The molecular formula is C13H19N5O2S. The van der Waals surface area contributed by atoms with Crippen molar-refractivity contribution in [3.63, 3.8) is 0 Å². The summed E-state index contributed by atoms with van der Waals surface area (Å²) in [7, 11) is -0.455. The van der Waals surface area contributed by atoms with E-state index >= 15 is 0 Å². The Labute approximate surface area is 124 Å². The standard InChI is InChI=1S/C13H19N5O2S/c1-10-12(13(14)16-18(10)3)21(19,20)17(2)9-7-11-6-4-5-8-15-11/h4-6,8H,7,9H2,1-3H3,(H2,14,16). The Hall–Kier alpha value is -1.93. The number of pyridine rings is 1. The summed E-state index contributed by atoms with van der Waals surface area (Å²) >= 11 is 0. The fourth-order valence-electron chi connectivity index (χ4n) is 2.03. The van der Waals surface area contributed by atoms with Gasteiger partial charge in [-0.25, -0.2) is 12.7 Å². The number of hydrogen-bond donors (Lipinski definition) is 1. The summed E-state index contributed by atoms with van der Waals surface area (Å²) in [6.07, 6.45) is 2.23. The summed E-state index contributed by atoms with van der Waals surface area (Å²) in [6, 6.07) is 5.56. The zero-order valence-electron chi connectivity index (χ0n) is 12.3. The maximum absolute atomic E-state index is 12.6. The average molecular weight is 309 g/mol. The van der Waals surface area contributed by atoms with Crippen LogP contribution >= 0.6 is 0 Å². The van der Waals surface area contributed by atoms with Gasteiger partial charge in [-0.05, 0) is 19.1 Å². The Balaban J connectivity index is 2.19. The molecule has 0 saturated heterocycles. The number of anilines is 1. The molecule has 2 rings (SSSR count). The van der Waals surface area contributed by atoms with Crippen molar-refractivity contribution in [3.8, 4) is 0 Å². The minimum absolute atomic E-state index is 0.0275.